The molecule has 0 aromatic rings. The lowest BCUT2D eigenvalue weighted by Gasteiger charge is -2.19. The molecule has 0 aliphatic heterocycles. The molecule has 0 aromatic heterocycles. The summed E-state index contributed by atoms with van der Waals surface area (Å²) >= 11 is 0. The fraction of sp³-hybridized carbons (Fsp3) is 0.462. The molecule has 0 heterocycles. The van der Waals surface area contributed by atoms with Crippen LogP contribution >= 0.6 is 0 Å². The van der Waals surface area contributed by atoms with Gasteiger partial charge in [0.25, 0.3) is 5.91 Å². The Labute approximate surface area is 132 Å². The van der Waals surface area contributed by atoms with Crippen LogP contribution in [0.4, 0.5) is 0 Å². The van der Waals surface area contributed by atoms with Crippen LogP contribution in [0.3, 0.4) is 0 Å². The number of terminal acetylenes is 1. The number of carbonyl (C=O) groups excluding carboxylic acids is 4. The molecule has 126 valence electrons. The minimum Gasteiger partial charge on any atom is -0.480 e. The van der Waals surface area contributed by atoms with Crippen LogP contribution in [0, 0.1) is 12.3 Å². The SMILES string of the molecule is C#C[C@@H](NC(=O)[C@H](C)NC(C)=O)C(=O)N[C@@H](CC(N)=O)C(=O)O. The van der Waals surface area contributed by atoms with E-state index in [1.54, 1.807) is 0 Å². The first kappa shape index (κ1) is 19.9. The third-order valence-electron chi connectivity index (χ3n) is 2.55. The summed E-state index contributed by atoms with van der Waals surface area (Å²) < 4.78 is 0. The Balaban J connectivity index is 4.83. The van der Waals surface area contributed by atoms with Crippen LogP contribution < -0.4 is 21.7 Å². The van der Waals surface area contributed by atoms with Gasteiger partial charge in [-0.1, -0.05) is 5.92 Å². The van der Waals surface area contributed by atoms with Crippen LogP contribution in [0.1, 0.15) is 20.3 Å². The zero-order chi connectivity index (χ0) is 18.2. The van der Waals surface area contributed by atoms with Gasteiger partial charge in [-0.05, 0) is 6.92 Å². The number of carbonyl (C=O) groups is 5. The first-order valence-electron chi connectivity index (χ1n) is 6.43. The van der Waals surface area contributed by atoms with Crippen LogP contribution in [-0.2, 0) is 24.0 Å². The minimum absolute atomic E-state index is 0.457. The van der Waals surface area contributed by atoms with E-state index in [9.17, 15) is 24.0 Å². The number of amides is 4. The fourth-order valence-corrected chi connectivity index (χ4v) is 1.48. The van der Waals surface area contributed by atoms with Gasteiger partial charge in [0.2, 0.25) is 17.7 Å². The van der Waals surface area contributed by atoms with Crippen LogP contribution in [0.15, 0.2) is 0 Å². The van der Waals surface area contributed by atoms with Gasteiger partial charge in [-0.3, -0.25) is 19.2 Å². The number of aliphatic carboxylic acids is 1. The zero-order valence-corrected chi connectivity index (χ0v) is 12.6. The quantitative estimate of drug-likeness (QED) is 0.299. The molecule has 3 atom stereocenters. The van der Waals surface area contributed by atoms with Crippen molar-refractivity contribution < 1.29 is 29.1 Å². The summed E-state index contributed by atoms with van der Waals surface area (Å²) in [6.45, 7) is 2.58. The molecule has 10 nitrogen and oxygen atoms in total. The Bertz CT molecular complexity index is 553. The van der Waals surface area contributed by atoms with Crippen molar-refractivity contribution in [1.82, 2.24) is 16.0 Å². The number of nitrogens with one attached hydrogen (secondary N) is 3. The van der Waals surface area contributed by atoms with Crippen molar-refractivity contribution in [2.75, 3.05) is 0 Å². The Morgan fingerprint density at radius 1 is 1.13 bits per heavy atom. The molecule has 0 aliphatic rings. The molecule has 23 heavy (non-hydrogen) atoms. The van der Waals surface area contributed by atoms with Crippen molar-refractivity contribution >= 4 is 29.6 Å². The van der Waals surface area contributed by atoms with Gasteiger partial charge in [0.05, 0.1) is 6.42 Å². The van der Waals surface area contributed by atoms with E-state index in [1.165, 1.54) is 13.8 Å². The summed E-state index contributed by atoms with van der Waals surface area (Å²) in [5.41, 5.74) is 4.88. The number of carboxylic acid groups (broad SMARTS) is 1. The average Bonchev–Trinajstić information content (AvgIpc) is 2.41. The van der Waals surface area contributed by atoms with Crippen molar-refractivity contribution in [1.29, 1.82) is 0 Å². The van der Waals surface area contributed by atoms with Crippen LogP contribution in [0.2, 0.25) is 0 Å². The number of primary amides is 1. The molecule has 0 saturated heterocycles. The molecule has 0 unspecified atom stereocenters. The van der Waals surface area contributed by atoms with Gasteiger partial charge in [-0.2, -0.15) is 0 Å². The average molecular weight is 326 g/mol. The standard InChI is InChI=1S/C13H18N4O6/c1-4-8(16-11(20)6(2)15-7(3)18)12(21)17-9(13(22)23)5-10(14)19/h1,6,8-9H,5H2,2-3H3,(H2,14,19)(H,15,18)(H,16,20)(H,17,21)(H,22,23)/t6-,8+,9-/m0/s1. The first-order valence-corrected chi connectivity index (χ1v) is 6.43. The van der Waals surface area contributed by atoms with E-state index in [0.29, 0.717) is 0 Å². The highest BCUT2D eigenvalue weighted by Gasteiger charge is 2.27. The number of rotatable bonds is 8. The summed E-state index contributed by atoms with van der Waals surface area (Å²) in [6.07, 6.45) is 4.49. The summed E-state index contributed by atoms with van der Waals surface area (Å²) in [6, 6.07) is -3.99. The van der Waals surface area contributed by atoms with Crippen LogP contribution in [0.5, 0.6) is 0 Å². The minimum atomic E-state index is -1.57. The van der Waals surface area contributed by atoms with E-state index in [2.05, 4.69) is 10.6 Å². The third kappa shape index (κ3) is 7.47. The van der Waals surface area contributed by atoms with Crippen molar-refractivity contribution in [3.63, 3.8) is 0 Å². The second-order valence-electron chi connectivity index (χ2n) is 4.60. The molecule has 0 radical (unpaired) electrons. The highest BCUT2D eigenvalue weighted by molar-refractivity contribution is 5.95. The molecule has 0 fully saturated rings. The lowest BCUT2D eigenvalue weighted by molar-refractivity contribution is -0.143. The van der Waals surface area contributed by atoms with Crippen molar-refractivity contribution in [3.8, 4) is 12.3 Å². The molecule has 0 rings (SSSR count). The maximum Gasteiger partial charge on any atom is 0.326 e. The molecule has 0 aromatic carbocycles. The van der Waals surface area contributed by atoms with Gasteiger partial charge in [0.1, 0.15) is 12.1 Å². The van der Waals surface area contributed by atoms with E-state index < -0.39 is 54.1 Å². The number of hydrogen-bond donors (Lipinski definition) is 5. The largest absolute Gasteiger partial charge is 0.480 e. The molecule has 6 N–H and O–H groups in total. The highest BCUT2D eigenvalue weighted by atomic mass is 16.4. The maximum absolute atomic E-state index is 11.9. The lowest BCUT2D eigenvalue weighted by Crippen LogP contribution is -2.54. The topological polar surface area (TPSA) is 168 Å². The summed E-state index contributed by atoms with van der Waals surface area (Å²) in [4.78, 5) is 56.2. The van der Waals surface area contributed by atoms with E-state index >= 15 is 0 Å². The van der Waals surface area contributed by atoms with Gasteiger partial charge < -0.3 is 26.8 Å². The summed E-state index contributed by atoms with van der Waals surface area (Å²) in [7, 11) is 0. The second kappa shape index (κ2) is 9.04. The van der Waals surface area contributed by atoms with E-state index in [-0.39, 0.29) is 0 Å². The lowest BCUT2D eigenvalue weighted by atomic mass is 10.1. The van der Waals surface area contributed by atoms with Gasteiger partial charge in [-0.15, -0.1) is 6.42 Å². The van der Waals surface area contributed by atoms with Crippen molar-refractivity contribution in [3.05, 3.63) is 0 Å². The molecular weight excluding hydrogens is 308 g/mol. The maximum atomic E-state index is 11.9. The molecule has 10 heteroatoms. The summed E-state index contributed by atoms with van der Waals surface area (Å²) in [5.74, 6) is -2.63. The Kier molecular flexibility index (Phi) is 7.82. The van der Waals surface area contributed by atoms with Crippen molar-refractivity contribution in [2.24, 2.45) is 5.73 Å². The Morgan fingerprint density at radius 3 is 2.09 bits per heavy atom. The monoisotopic (exact) mass is 326 g/mol. The fourth-order valence-electron chi connectivity index (χ4n) is 1.48. The van der Waals surface area contributed by atoms with E-state index in [0.717, 1.165) is 0 Å². The third-order valence-corrected chi connectivity index (χ3v) is 2.55. The van der Waals surface area contributed by atoms with Crippen LogP contribution in [-0.4, -0.2) is 52.8 Å². The number of hydrogen-bond acceptors (Lipinski definition) is 5. The molecule has 0 saturated carbocycles. The molecule has 4 amide bonds. The Morgan fingerprint density at radius 2 is 1.70 bits per heavy atom. The van der Waals surface area contributed by atoms with Gasteiger partial charge >= 0.3 is 5.97 Å². The number of nitrogens with two attached hydrogens (primary N) is 1. The van der Waals surface area contributed by atoms with E-state index in [1.807, 2.05) is 11.2 Å². The van der Waals surface area contributed by atoms with Gasteiger partial charge in [0.15, 0.2) is 6.04 Å². The second-order valence-corrected chi connectivity index (χ2v) is 4.60. The highest BCUT2D eigenvalue weighted by Crippen LogP contribution is 1.95. The van der Waals surface area contributed by atoms with Gasteiger partial charge in [-0.25, -0.2) is 4.79 Å². The predicted octanol–water partition coefficient (Wildman–Crippen LogP) is -2.93. The molecule has 0 aliphatic carbocycles. The van der Waals surface area contributed by atoms with Gasteiger partial charge in [0, 0.05) is 6.92 Å². The first-order chi connectivity index (χ1) is 10.6. The summed E-state index contributed by atoms with van der Waals surface area (Å²) in [5, 5.41) is 15.3. The normalized spacial score (nSPS) is 13.6. The molecular formula is C13H18N4O6. The van der Waals surface area contributed by atoms with Crippen LogP contribution in [0.25, 0.3) is 0 Å². The number of carboxylic acids is 1. The van der Waals surface area contributed by atoms with E-state index in [4.69, 9.17) is 17.3 Å². The zero-order valence-electron chi connectivity index (χ0n) is 12.6. The molecule has 0 bridgehead atoms. The molecule has 0 spiro atoms. The van der Waals surface area contributed by atoms with Crippen molar-refractivity contribution in [2.45, 2.75) is 38.4 Å². The smallest absolute Gasteiger partial charge is 0.326 e. The predicted molar refractivity (Wildman–Crippen MR) is 77.4 cm³/mol. The Hall–Kier alpha value is -3.09.